The van der Waals surface area contributed by atoms with E-state index < -0.39 is 79.4 Å². The topological polar surface area (TPSA) is 269 Å². The van der Waals surface area contributed by atoms with Gasteiger partial charge in [0, 0.05) is 24.3 Å². The standard InChI is InChI=1S/2C12H8ClNO7S2.Ca/c2*13-11-6-5-10(7-12(11)23(19,20)21)22(17,18)9-3-1-8(2-4-9)14(15)16;/h2*1-7H,(H,19,20,21);/q;;+2/p-2. The molecule has 16 nitrogen and oxygen atoms in total. The van der Waals surface area contributed by atoms with Crippen molar-refractivity contribution in [2.45, 2.75) is 29.4 Å². The molecule has 0 amide bonds. The van der Waals surface area contributed by atoms with E-state index in [9.17, 15) is 63.0 Å². The summed E-state index contributed by atoms with van der Waals surface area (Å²) in [6.45, 7) is 0. The van der Waals surface area contributed by atoms with Gasteiger partial charge in [-0.1, -0.05) is 23.2 Å². The van der Waals surface area contributed by atoms with Gasteiger partial charge < -0.3 is 9.11 Å². The number of benzene rings is 4. The predicted octanol–water partition coefficient (Wildman–Crippen LogP) is 3.59. The number of nitro groups is 2. The summed E-state index contributed by atoms with van der Waals surface area (Å²) in [7, 11) is -18.2. The van der Waals surface area contributed by atoms with Crippen LogP contribution < -0.4 is 0 Å². The monoisotopic (exact) mass is 792 g/mol. The molecule has 0 heterocycles. The van der Waals surface area contributed by atoms with Gasteiger partial charge >= 0.3 is 37.7 Å². The molecule has 4 rings (SSSR count). The molecule has 0 fully saturated rings. The second-order valence-electron chi connectivity index (χ2n) is 8.60. The van der Waals surface area contributed by atoms with E-state index in [0.717, 1.165) is 72.8 Å². The number of halogens is 2. The zero-order valence-electron chi connectivity index (χ0n) is 22.8. The molecule has 23 heteroatoms. The molecule has 47 heavy (non-hydrogen) atoms. The van der Waals surface area contributed by atoms with Gasteiger partial charge in [-0.15, -0.1) is 0 Å². The second-order valence-corrected chi connectivity index (χ2v) is 16.0. The maximum Gasteiger partial charge on any atom is 2.00 e. The summed E-state index contributed by atoms with van der Waals surface area (Å²) < 4.78 is 116. The fourth-order valence-corrected chi connectivity index (χ4v) is 8.13. The molecule has 244 valence electrons. The summed E-state index contributed by atoms with van der Waals surface area (Å²) in [6.07, 6.45) is 0. The summed E-state index contributed by atoms with van der Waals surface area (Å²) in [6, 6.07) is 13.3. The Morgan fingerprint density at radius 1 is 0.468 bits per heavy atom. The predicted molar refractivity (Wildman–Crippen MR) is 162 cm³/mol. The van der Waals surface area contributed by atoms with Crippen molar-refractivity contribution in [2.75, 3.05) is 0 Å². The third kappa shape index (κ3) is 9.66. The first-order valence-electron chi connectivity index (χ1n) is 11.6. The zero-order valence-corrected chi connectivity index (χ0v) is 29.8. The molecular formula is C24H14CaCl2N2O14S4. The summed E-state index contributed by atoms with van der Waals surface area (Å²) in [5.41, 5.74) is -0.606. The average molecular weight is 794 g/mol. The average Bonchev–Trinajstić information content (AvgIpc) is 2.96. The van der Waals surface area contributed by atoms with Crippen molar-refractivity contribution >= 4 is 112 Å². The molecule has 0 unspecified atom stereocenters. The van der Waals surface area contributed by atoms with E-state index in [4.69, 9.17) is 23.2 Å². The van der Waals surface area contributed by atoms with Gasteiger partial charge in [-0.05, 0) is 60.7 Å². The fraction of sp³-hybridized carbons (Fsp3) is 0. The normalized spacial score (nSPS) is 11.8. The van der Waals surface area contributed by atoms with Crippen LogP contribution in [-0.2, 0) is 39.9 Å². The Morgan fingerprint density at radius 2 is 0.723 bits per heavy atom. The first-order chi connectivity index (χ1) is 21.1. The molecule has 4 aromatic carbocycles. The zero-order chi connectivity index (χ0) is 34.8. The number of nitrogens with zero attached hydrogens (tertiary/aromatic N) is 2. The molecule has 0 spiro atoms. The van der Waals surface area contributed by atoms with Gasteiger partial charge in [-0.3, -0.25) is 20.2 Å². The molecule has 0 aromatic heterocycles. The van der Waals surface area contributed by atoms with E-state index in [2.05, 4.69) is 0 Å². The molecule has 0 bridgehead atoms. The number of nitro benzene ring substituents is 2. The molecule has 0 saturated carbocycles. The summed E-state index contributed by atoms with van der Waals surface area (Å²) in [4.78, 5) is 16.5. The van der Waals surface area contributed by atoms with Gasteiger partial charge in [0.25, 0.3) is 11.4 Å². The van der Waals surface area contributed by atoms with Crippen LogP contribution in [0, 0.1) is 20.2 Å². The number of non-ortho nitro benzene ring substituents is 2. The van der Waals surface area contributed by atoms with E-state index in [0.29, 0.717) is 12.1 Å². The minimum Gasteiger partial charge on any atom is -0.744 e. The van der Waals surface area contributed by atoms with Crippen LogP contribution in [0.15, 0.2) is 114 Å². The Morgan fingerprint density at radius 3 is 0.957 bits per heavy atom. The summed E-state index contributed by atoms with van der Waals surface area (Å²) >= 11 is 11.2. The SMILES string of the molecule is O=[N+]([O-])c1ccc(S(=O)(=O)c2ccc(Cl)c(S(=O)(=O)[O-])c2)cc1.O=[N+]([O-])c1ccc(S(=O)(=O)c2ccc(Cl)c(S(=O)(=O)[O-])c2)cc1.[Ca+2]. The number of hydrogen-bond donors (Lipinski definition) is 0. The number of rotatable bonds is 8. The largest absolute Gasteiger partial charge is 2.00 e. The van der Waals surface area contributed by atoms with Gasteiger partial charge in [-0.2, -0.15) is 0 Å². The molecular weight excluding hydrogens is 780 g/mol. The van der Waals surface area contributed by atoms with Gasteiger partial charge in [0.2, 0.25) is 19.7 Å². The number of sulfone groups is 2. The Labute approximate surface area is 306 Å². The van der Waals surface area contributed by atoms with Crippen LogP contribution in [0.2, 0.25) is 10.0 Å². The van der Waals surface area contributed by atoms with Crippen LogP contribution in [0.4, 0.5) is 11.4 Å². The van der Waals surface area contributed by atoms with Crippen LogP contribution >= 0.6 is 23.2 Å². The first-order valence-corrected chi connectivity index (χ1v) is 18.1. The minimum atomic E-state index is -4.95. The summed E-state index contributed by atoms with van der Waals surface area (Å²) in [5, 5.41) is 20.3. The maximum atomic E-state index is 12.4. The van der Waals surface area contributed by atoms with E-state index in [1.54, 1.807) is 0 Å². The van der Waals surface area contributed by atoms with Gasteiger partial charge in [-0.25, -0.2) is 33.7 Å². The van der Waals surface area contributed by atoms with Gasteiger partial charge in [0.15, 0.2) is 0 Å². The minimum absolute atomic E-state index is 0. The molecule has 0 radical (unpaired) electrons. The Hall–Kier alpha value is -2.76. The van der Waals surface area contributed by atoms with Gasteiger partial charge in [0.1, 0.15) is 20.2 Å². The third-order valence-corrected chi connectivity index (χ3v) is 11.9. The number of hydrogen-bond acceptors (Lipinski definition) is 14. The molecule has 0 aliphatic carbocycles. The van der Waals surface area contributed by atoms with Crippen molar-refractivity contribution in [3.63, 3.8) is 0 Å². The smallest absolute Gasteiger partial charge is 0.744 e. The van der Waals surface area contributed by atoms with E-state index >= 15 is 0 Å². The van der Waals surface area contributed by atoms with E-state index in [1.165, 1.54) is 0 Å². The second kappa shape index (κ2) is 15.2. The van der Waals surface area contributed by atoms with Gasteiger partial charge in [0.05, 0.1) is 49.3 Å². The molecule has 4 aromatic rings. The van der Waals surface area contributed by atoms with Crippen molar-refractivity contribution < 1.29 is 52.6 Å². The van der Waals surface area contributed by atoms with Crippen molar-refractivity contribution in [3.8, 4) is 0 Å². The first kappa shape index (κ1) is 40.4. The molecule has 0 N–H and O–H groups in total. The van der Waals surface area contributed by atoms with Crippen LogP contribution in [0.5, 0.6) is 0 Å². The van der Waals surface area contributed by atoms with Crippen LogP contribution in [0.3, 0.4) is 0 Å². The van der Waals surface area contributed by atoms with Crippen molar-refractivity contribution in [3.05, 3.63) is 115 Å². The van der Waals surface area contributed by atoms with Crippen molar-refractivity contribution in [1.29, 1.82) is 0 Å². The quantitative estimate of drug-likeness (QED) is 0.107. The Kier molecular flexibility index (Phi) is 13.1. The summed E-state index contributed by atoms with van der Waals surface area (Å²) in [5.74, 6) is 0. The van der Waals surface area contributed by atoms with Crippen molar-refractivity contribution in [2.24, 2.45) is 0 Å². The molecule has 0 atom stereocenters. The van der Waals surface area contributed by atoms with E-state index in [-0.39, 0.29) is 58.9 Å². The van der Waals surface area contributed by atoms with Crippen LogP contribution in [-0.4, -0.2) is 90.4 Å². The fourth-order valence-electron chi connectivity index (χ4n) is 3.45. The molecule has 0 saturated heterocycles. The maximum absolute atomic E-state index is 12.4. The molecule has 0 aliphatic rings. The van der Waals surface area contributed by atoms with Crippen molar-refractivity contribution in [1.82, 2.24) is 0 Å². The third-order valence-electron chi connectivity index (χ3n) is 5.68. The molecule has 0 aliphatic heterocycles. The van der Waals surface area contributed by atoms with Crippen LogP contribution in [0.1, 0.15) is 0 Å². The Balaban J connectivity index is 0.000000320. The van der Waals surface area contributed by atoms with Crippen LogP contribution in [0.25, 0.3) is 0 Å². The Bertz CT molecular complexity index is 2140. The van der Waals surface area contributed by atoms with E-state index in [1.807, 2.05) is 0 Å².